The molecule has 0 radical (unpaired) electrons. The van der Waals surface area contributed by atoms with Crippen molar-refractivity contribution in [2.75, 3.05) is 0 Å². The standard InChI is InChI=1S/C43H25N5O2/c1-3-12-26(13-4-1)37-40-38(31-18-7-9-20-35(31)49-40)46-41(45-37)29-15-11-14-27(24-29)28-22-23-34-33(25-28)44-43-47(30-16-5-2-6-17-30)39-32-19-8-10-21-36(32)50-42(39)48(34)43/h1-25H. The van der Waals surface area contributed by atoms with Crippen LogP contribution in [0.2, 0.25) is 0 Å². The number of hydrogen-bond acceptors (Lipinski definition) is 5. The molecule has 7 nitrogen and oxygen atoms in total. The Hall–Kier alpha value is -6.99. The summed E-state index contributed by atoms with van der Waals surface area (Å²) in [5, 5.41) is 2.02. The molecule has 0 saturated heterocycles. The van der Waals surface area contributed by atoms with Gasteiger partial charge in [0.2, 0.25) is 11.5 Å². The smallest absolute Gasteiger partial charge is 0.232 e. The summed E-state index contributed by atoms with van der Waals surface area (Å²) < 4.78 is 17.1. The second-order valence-corrected chi connectivity index (χ2v) is 12.5. The lowest BCUT2D eigenvalue weighted by Crippen LogP contribution is -1.94. The molecule has 6 aromatic carbocycles. The highest BCUT2D eigenvalue weighted by molar-refractivity contribution is 6.08. The van der Waals surface area contributed by atoms with Crippen molar-refractivity contribution < 1.29 is 8.83 Å². The highest BCUT2D eigenvalue weighted by Gasteiger charge is 2.23. The van der Waals surface area contributed by atoms with Crippen molar-refractivity contribution in [2.24, 2.45) is 0 Å². The summed E-state index contributed by atoms with van der Waals surface area (Å²) in [4.78, 5) is 15.4. The van der Waals surface area contributed by atoms with Crippen LogP contribution in [-0.2, 0) is 0 Å². The molecule has 0 unspecified atom stereocenters. The van der Waals surface area contributed by atoms with Gasteiger partial charge in [0.1, 0.15) is 27.9 Å². The Balaban J connectivity index is 1.09. The third-order valence-corrected chi connectivity index (χ3v) is 9.55. The molecule has 0 aliphatic heterocycles. The van der Waals surface area contributed by atoms with Gasteiger partial charge in [-0.25, -0.2) is 19.4 Å². The molecule has 11 aromatic rings. The zero-order valence-corrected chi connectivity index (χ0v) is 26.5. The molecule has 0 saturated carbocycles. The topological polar surface area (TPSA) is 74.3 Å². The van der Waals surface area contributed by atoms with E-state index in [4.69, 9.17) is 23.8 Å². The number of imidazole rings is 2. The van der Waals surface area contributed by atoms with Gasteiger partial charge in [-0.3, -0.25) is 4.57 Å². The summed E-state index contributed by atoms with van der Waals surface area (Å²) in [7, 11) is 0. The van der Waals surface area contributed by atoms with Crippen LogP contribution in [0.4, 0.5) is 0 Å². The molecule has 7 heteroatoms. The molecular weight excluding hydrogens is 619 g/mol. The van der Waals surface area contributed by atoms with Crippen molar-refractivity contribution in [1.82, 2.24) is 23.9 Å². The Bertz CT molecular complexity index is 3100. The van der Waals surface area contributed by atoms with Gasteiger partial charge < -0.3 is 8.83 Å². The Morgan fingerprint density at radius 2 is 1.18 bits per heavy atom. The highest BCUT2D eigenvalue weighted by Crippen LogP contribution is 2.38. The van der Waals surface area contributed by atoms with Crippen molar-refractivity contribution in [3.05, 3.63) is 152 Å². The van der Waals surface area contributed by atoms with Gasteiger partial charge in [0.25, 0.3) is 0 Å². The number of furan rings is 2. The lowest BCUT2D eigenvalue weighted by Gasteiger charge is -2.08. The normalized spacial score (nSPS) is 12.0. The highest BCUT2D eigenvalue weighted by atomic mass is 16.3. The van der Waals surface area contributed by atoms with Crippen LogP contribution in [0.1, 0.15) is 0 Å². The van der Waals surface area contributed by atoms with Gasteiger partial charge in [-0.15, -0.1) is 0 Å². The fourth-order valence-electron chi connectivity index (χ4n) is 7.26. The van der Waals surface area contributed by atoms with Crippen molar-refractivity contribution in [3.8, 4) is 39.5 Å². The van der Waals surface area contributed by atoms with Crippen LogP contribution in [0.15, 0.2) is 160 Å². The molecule has 50 heavy (non-hydrogen) atoms. The summed E-state index contributed by atoms with van der Waals surface area (Å²) in [6.07, 6.45) is 0. The number of hydrogen-bond donors (Lipinski definition) is 0. The predicted molar refractivity (Wildman–Crippen MR) is 198 cm³/mol. The van der Waals surface area contributed by atoms with E-state index in [1.807, 2.05) is 78.9 Å². The largest absolute Gasteiger partial charge is 0.452 e. The number of aromatic nitrogens is 5. The third kappa shape index (κ3) is 3.88. The van der Waals surface area contributed by atoms with Crippen LogP contribution >= 0.6 is 0 Å². The molecule has 0 atom stereocenters. The summed E-state index contributed by atoms with van der Waals surface area (Å²) in [6.45, 7) is 0. The van der Waals surface area contributed by atoms with Gasteiger partial charge in [-0.1, -0.05) is 97.1 Å². The zero-order valence-electron chi connectivity index (χ0n) is 26.5. The van der Waals surface area contributed by atoms with Crippen molar-refractivity contribution in [2.45, 2.75) is 0 Å². The zero-order chi connectivity index (χ0) is 32.8. The minimum atomic E-state index is 0.641. The lowest BCUT2D eigenvalue weighted by molar-refractivity contribution is 0.651. The van der Waals surface area contributed by atoms with Crippen molar-refractivity contribution >= 4 is 61.1 Å². The SMILES string of the molecule is c1ccc(-c2nc(-c3cccc(-c4ccc5c(c4)nc4n(-c6ccccc6)c6c7ccccc7oc6n54)c3)nc3c2oc2ccccc23)cc1. The maximum atomic E-state index is 6.49. The summed E-state index contributed by atoms with van der Waals surface area (Å²) in [6, 6.07) is 51.5. The molecule has 0 N–H and O–H groups in total. The summed E-state index contributed by atoms with van der Waals surface area (Å²) in [5.74, 6) is 1.45. The number of nitrogens with zero attached hydrogens (tertiary/aromatic N) is 5. The van der Waals surface area contributed by atoms with E-state index in [9.17, 15) is 0 Å². The quantitative estimate of drug-likeness (QED) is 0.191. The summed E-state index contributed by atoms with van der Waals surface area (Å²) >= 11 is 0. The van der Waals surface area contributed by atoms with E-state index in [2.05, 4.69) is 81.8 Å². The Labute approximate surface area is 284 Å². The van der Waals surface area contributed by atoms with E-state index in [0.29, 0.717) is 11.4 Å². The van der Waals surface area contributed by atoms with Crippen LogP contribution in [0.25, 0.3) is 101 Å². The average molecular weight is 644 g/mol. The van der Waals surface area contributed by atoms with Gasteiger partial charge >= 0.3 is 0 Å². The van der Waals surface area contributed by atoms with E-state index in [1.165, 1.54) is 0 Å². The second-order valence-electron chi connectivity index (χ2n) is 12.5. The van der Waals surface area contributed by atoms with Crippen LogP contribution in [0, 0.1) is 0 Å². The summed E-state index contributed by atoms with van der Waals surface area (Å²) in [5.41, 5.74) is 12.6. The maximum absolute atomic E-state index is 6.49. The van der Waals surface area contributed by atoms with Crippen LogP contribution in [-0.4, -0.2) is 23.9 Å². The van der Waals surface area contributed by atoms with E-state index < -0.39 is 0 Å². The molecule has 0 aliphatic rings. The van der Waals surface area contributed by atoms with Gasteiger partial charge in [-0.05, 0) is 65.7 Å². The van der Waals surface area contributed by atoms with E-state index in [0.717, 1.165) is 89.1 Å². The van der Waals surface area contributed by atoms with Gasteiger partial charge in [-0.2, -0.15) is 0 Å². The van der Waals surface area contributed by atoms with Gasteiger partial charge in [0.05, 0.1) is 11.0 Å². The number of benzene rings is 6. The first-order valence-corrected chi connectivity index (χ1v) is 16.5. The molecule has 0 aliphatic carbocycles. The Kier molecular flexibility index (Phi) is 5.54. The minimum absolute atomic E-state index is 0.641. The van der Waals surface area contributed by atoms with Crippen molar-refractivity contribution in [1.29, 1.82) is 0 Å². The number of fused-ring (bicyclic) bond motifs is 10. The molecule has 11 rings (SSSR count). The molecule has 0 amide bonds. The monoisotopic (exact) mass is 643 g/mol. The fourth-order valence-corrected chi connectivity index (χ4v) is 7.26. The number of rotatable bonds is 4. The lowest BCUT2D eigenvalue weighted by atomic mass is 10.0. The number of para-hydroxylation sites is 3. The average Bonchev–Trinajstić information content (AvgIpc) is 3.92. The van der Waals surface area contributed by atoms with Crippen LogP contribution in [0.3, 0.4) is 0 Å². The molecule has 234 valence electrons. The van der Waals surface area contributed by atoms with Gasteiger partial charge in [0.15, 0.2) is 11.4 Å². The Morgan fingerprint density at radius 1 is 0.500 bits per heavy atom. The van der Waals surface area contributed by atoms with E-state index in [-0.39, 0.29) is 0 Å². The first-order valence-electron chi connectivity index (χ1n) is 16.5. The van der Waals surface area contributed by atoms with Gasteiger partial charge in [0, 0.05) is 27.6 Å². The Morgan fingerprint density at radius 3 is 2.02 bits per heavy atom. The van der Waals surface area contributed by atoms with Crippen LogP contribution < -0.4 is 0 Å². The third-order valence-electron chi connectivity index (χ3n) is 9.55. The molecule has 5 heterocycles. The minimum Gasteiger partial charge on any atom is -0.452 e. The molecule has 0 spiro atoms. The second kappa shape index (κ2) is 10.3. The first-order chi connectivity index (χ1) is 24.8. The molecule has 5 aromatic heterocycles. The fraction of sp³-hybridized carbons (Fsp3) is 0. The molecule has 0 fully saturated rings. The maximum Gasteiger partial charge on any atom is 0.232 e. The first kappa shape index (κ1) is 27.0. The molecular formula is C43H25N5O2. The van der Waals surface area contributed by atoms with E-state index >= 15 is 0 Å². The van der Waals surface area contributed by atoms with Crippen molar-refractivity contribution in [3.63, 3.8) is 0 Å². The predicted octanol–water partition coefficient (Wildman–Crippen LogP) is 10.9. The van der Waals surface area contributed by atoms with Crippen LogP contribution in [0.5, 0.6) is 0 Å². The molecule has 0 bridgehead atoms. The van der Waals surface area contributed by atoms with E-state index in [1.54, 1.807) is 0 Å².